The molecule has 3 heteroatoms. The molecule has 1 rings (SSSR count). The fourth-order valence-electron chi connectivity index (χ4n) is 2.02. The van der Waals surface area contributed by atoms with Gasteiger partial charge in [-0.25, -0.2) is 0 Å². The van der Waals surface area contributed by atoms with Gasteiger partial charge in [-0.15, -0.1) is 0 Å². The number of nitrogens with one attached hydrogen (secondary N) is 1. The molecule has 0 aromatic carbocycles. The number of hydrogen-bond donors (Lipinski definition) is 1. The highest BCUT2D eigenvalue weighted by Gasteiger charge is 2.19. The Morgan fingerprint density at radius 1 is 1.24 bits per heavy atom. The fourth-order valence-corrected chi connectivity index (χ4v) is 2.02. The fraction of sp³-hybridized carbons (Fsp3) is 1.00. The summed E-state index contributed by atoms with van der Waals surface area (Å²) in [6, 6.07) is 1.41. The van der Waals surface area contributed by atoms with E-state index in [-0.39, 0.29) is 0 Å². The van der Waals surface area contributed by atoms with Crippen LogP contribution in [0.5, 0.6) is 0 Å². The number of ether oxygens (including phenoxy) is 1. The molecule has 1 unspecified atom stereocenters. The predicted octanol–water partition coefficient (Wildman–Crippen LogP) is 2.27. The lowest BCUT2D eigenvalue weighted by molar-refractivity contribution is 0.114. The molecule has 1 aliphatic rings. The molecule has 0 spiro atoms. The summed E-state index contributed by atoms with van der Waals surface area (Å²) in [6.45, 7) is 5.48. The molecule has 1 N–H and O–H groups in total. The maximum absolute atomic E-state index is 5.16. The minimum Gasteiger partial charge on any atom is -0.383 e. The smallest absolute Gasteiger partial charge is 0.0615 e. The molecule has 1 fully saturated rings. The van der Waals surface area contributed by atoms with Gasteiger partial charge in [0.2, 0.25) is 0 Å². The molecule has 0 bridgehead atoms. The van der Waals surface area contributed by atoms with Crippen LogP contribution in [0, 0.1) is 0 Å². The average Bonchev–Trinajstić information content (AvgIpc) is 3.11. The SMILES string of the molecule is COCC(C)N(C)CCCCCCNC1CC1. The zero-order valence-electron chi connectivity index (χ0n) is 11.9. The topological polar surface area (TPSA) is 24.5 Å². The molecule has 0 amide bonds. The van der Waals surface area contributed by atoms with Crippen LogP contribution in [0.15, 0.2) is 0 Å². The third kappa shape index (κ3) is 7.74. The molecule has 17 heavy (non-hydrogen) atoms. The van der Waals surface area contributed by atoms with Gasteiger partial charge in [-0.3, -0.25) is 0 Å². The van der Waals surface area contributed by atoms with Gasteiger partial charge in [-0.2, -0.15) is 0 Å². The lowest BCUT2D eigenvalue weighted by atomic mass is 10.2. The van der Waals surface area contributed by atoms with Crippen LogP contribution in [0.25, 0.3) is 0 Å². The largest absolute Gasteiger partial charge is 0.383 e. The summed E-state index contributed by atoms with van der Waals surface area (Å²) in [5, 5.41) is 3.56. The molecule has 0 aromatic heterocycles. The van der Waals surface area contributed by atoms with E-state index >= 15 is 0 Å². The highest BCUT2D eigenvalue weighted by atomic mass is 16.5. The van der Waals surface area contributed by atoms with Crippen LogP contribution in [0.3, 0.4) is 0 Å². The Morgan fingerprint density at radius 3 is 2.59 bits per heavy atom. The summed E-state index contributed by atoms with van der Waals surface area (Å²) < 4.78 is 5.16. The monoisotopic (exact) mass is 242 g/mol. The molecular weight excluding hydrogens is 212 g/mol. The Bertz CT molecular complexity index is 183. The highest BCUT2D eigenvalue weighted by molar-refractivity contribution is 4.80. The van der Waals surface area contributed by atoms with Crippen LogP contribution in [-0.4, -0.2) is 50.8 Å². The normalized spacial score (nSPS) is 17.6. The van der Waals surface area contributed by atoms with E-state index < -0.39 is 0 Å². The number of nitrogens with zero attached hydrogens (tertiary/aromatic N) is 1. The van der Waals surface area contributed by atoms with Gasteiger partial charge >= 0.3 is 0 Å². The van der Waals surface area contributed by atoms with Crippen molar-refractivity contribution in [1.29, 1.82) is 0 Å². The van der Waals surface area contributed by atoms with Crippen LogP contribution in [-0.2, 0) is 4.74 Å². The molecule has 1 aliphatic carbocycles. The van der Waals surface area contributed by atoms with E-state index in [1.165, 1.54) is 51.6 Å². The van der Waals surface area contributed by atoms with Gasteiger partial charge in [0, 0.05) is 19.2 Å². The average molecular weight is 242 g/mol. The Labute approximate surface area is 107 Å². The summed E-state index contributed by atoms with van der Waals surface area (Å²) in [7, 11) is 3.97. The van der Waals surface area contributed by atoms with Crippen molar-refractivity contribution in [3.63, 3.8) is 0 Å². The van der Waals surface area contributed by atoms with Crippen LogP contribution < -0.4 is 5.32 Å². The maximum Gasteiger partial charge on any atom is 0.0615 e. The predicted molar refractivity (Wildman–Crippen MR) is 73.5 cm³/mol. The molecule has 0 aromatic rings. The second kappa shape index (κ2) is 8.90. The quantitative estimate of drug-likeness (QED) is 0.563. The van der Waals surface area contributed by atoms with Gasteiger partial charge in [0.25, 0.3) is 0 Å². The number of unbranched alkanes of at least 4 members (excludes halogenated alkanes) is 3. The standard InChI is InChI=1S/C14H30N2O/c1-13(12-17-3)16(2)11-7-5-4-6-10-15-14-8-9-14/h13-15H,4-12H2,1-3H3. The molecular formula is C14H30N2O. The molecule has 1 atom stereocenters. The zero-order chi connectivity index (χ0) is 12.5. The van der Waals surface area contributed by atoms with Gasteiger partial charge in [-0.05, 0) is 52.7 Å². The van der Waals surface area contributed by atoms with Crippen molar-refractivity contribution in [3.05, 3.63) is 0 Å². The summed E-state index contributed by atoms with van der Waals surface area (Å²) in [4.78, 5) is 2.39. The van der Waals surface area contributed by atoms with E-state index in [9.17, 15) is 0 Å². The first kappa shape index (κ1) is 14.9. The van der Waals surface area contributed by atoms with Crippen molar-refractivity contribution in [3.8, 4) is 0 Å². The first-order valence-corrected chi connectivity index (χ1v) is 7.16. The summed E-state index contributed by atoms with van der Waals surface area (Å²) in [6.07, 6.45) is 8.19. The minimum atomic E-state index is 0.538. The first-order valence-electron chi connectivity index (χ1n) is 7.16. The number of rotatable bonds is 11. The lowest BCUT2D eigenvalue weighted by Gasteiger charge is -2.23. The minimum absolute atomic E-state index is 0.538. The van der Waals surface area contributed by atoms with Gasteiger partial charge in [-0.1, -0.05) is 12.8 Å². The second-order valence-corrected chi connectivity index (χ2v) is 5.43. The second-order valence-electron chi connectivity index (χ2n) is 5.43. The molecule has 0 aliphatic heterocycles. The van der Waals surface area contributed by atoms with E-state index in [1.54, 1.807) is 7.11 Å². The van der Waals surface area contributed by atoms with Gasteiger partial charge < -0.3 is 15.0 Å². The van der Waals surface area contributed by atoms with Crippen molar-refractivity contribution >= 4 is 0 Å². The molecule has 0 saturated heterocycles. The number of methoxy groups -OCH3 is 1. The summed E-state index contributed by atoms with van der Waals surface area (Å²) in [5.41, 5.74) is 0. The first-order chi connectivity index (χ1) is 8.24. The van der Waals surface area contributed by atoms with Crippen LogP contribution in [0.4, 0.5) is 0 Å². The molecule has 1 saturated carbocycles. The van der Waals surface area contributed by atoms with Crippen molar-refractivity contribution < 1.29 is 4.74 Å². The number of likely N-dealkylation sites (N-methyl/N-ethyl adjacent to an activating group) is 1. The Balaban J connectivity index is 1.81. The van der Waals surface area contributed by atoms with E-state index in [0.717, 1.165) is 12.6 Å². The van der Waals surface area contributed by atoms with E-state index in [4.69, 9.17) is 4.74 Å². The van der Waals surface area contributed by atoms with Gasteiger partial charge in [0.15, 0.2) is 0 Å². The molecule has 0 heterocycles. The maximum atomic E-state index is 5.16. The lowest BCUT2D eigenvalue weighted by Crippen LogP contribution is -2.33. The molecule has 102 valence electrons. The van der Waals surface area contributed by atoms with E-state index in [0.29, 0.717) is 6.04 Å². The molecule has 3 nitrogen and oxygen atoms in total. The number of hydrogen-bond acceptors (Lipinski definition) is 3. The summed E-state index contributed by atoms with van der Waals surface area (Å²) >= 11 is 0. The van der Waals surface area contributed by atoms with Crippen molar-refractivity contribution in [2.24, 2.45) is 0 Å². The van der Waals surface area contributed by atoms with Crippen molar-refractivity contribution in [1.82, 2.24) is 10.2 Å². The third-order valence-electron chi connectivity index (χ3n) is 3.61. The Hall–Kier alpha value is -0.120. The van der Waals surface area contributed by atoms with Crippen LogP contribution in [0.2, 0.25) is 0 Å². The van der Waals surface area contributed by atoms with E-state index in [1.807, 2.05) is 0 Å². The van der Waals surface area contributed by atoms with Crippen molar-refractivity contribution in [2.45, 2.75) is 57.5 Å². The van der Waals surface area contributed by atoms with Crippen molar-refractivity contribution in [2.75, 3.05) is 33.9 Å². The Morgan fingerprint density at radius 2 is 1.94 bits per heavy atom. The zero-order valence-corrected chi connectivity index (χ0v) is 11.9. The van der Waals surface area contributed by atoms with E-state index in [2.05, 4.69) is 24.2 Å². The Kier molecular flexibility index (Phi) is 7.82. The van der Waals surface area contributed by atoms with Crippen LogP contribution in [0.1, 0.15) is 45.4 Å². The van der Waals surface area contributed by atoms with Crippen LogP contribution >= 0.6 is 0 Å². The van der Waals surface area contributed by atoms with Gasteiger partial charge in [0.1, 0.15) is 0 Å². The third-order valence-corrected chi connectivity index (χ3v) is 3.61. The van der Waals surface area contributed by atoms with Gasteiger partial charge in [0.05, 0.1) is 6.61 Å². The summed E-state index contributed by atoms with van der Waals surface area (Å²) in [5.74, 6) is 0. The highest BCUT2D eigenvalue weighted by Crippen LogP contribution is 2.18. The molecule has 0 radical (unpaired) electrons.